The van der Waals surface area contributed by atoms with Crippen LogP contribution in [0.4, 0.5) is 13.2 Å². The standard InChI is InChI=1S/C12H9F3N2/c1-2-7-3-4-10-8(5-7)9(6-16)11(17-10)12(13,14)15/h3-5,17H,2H2,1H3. The normalized spacial score (nSPS) is 11.7. The molecule has 0 atom stereocenters. The van der Waals surface area contributed by atoms with Gasteiger partial charge in [-0.05, 0) is 24.1 Å². The van der Waals surface area contributed by atoms with Crippen LogP contribution in [0.25, 0.3) is 10.9 Å². The Morgan fingerprint density at radius 1 is 1.35 bits per heavy atom. The van der Waals surface area contributed by atoms with Gasteiger partial charge in [-0.15, -0.1) is 0 Å². The molecule has 0 aliphatic carbocycles. The molecule has 0 fully saturated rings. The highest BCUT2D eigenvalue weighted by atomic mass is 19.4. The molecule has 1 aromatic carbocycles. The van der Waals surface area contributed by atoms with Gasteiger partial charge in [0.1, 0.15) is 11.8 Å². The lowest BCUT2D eigenvalue weighted by molar-refractivity contribution is -0.140. The van der Waals surface area contributed by atoms with Crippen molar-refractivity contribution in [2.45, 2.75) is 19.5 Å². The molecule has 0 saturated carbocycles. The molecule has 0 aliphatic heterocycles. The largest absolute Gasteiger partial charge is 0.432 e. The molecule has 17 heavy (non-hydrogen) atoms. The van der Waals surface area contributed by atoms with Crippen LogP contribution in [-0.4, -0.2) is 4.98 Å². The number of aryl methyl sites for hydroxylation is 1. The van der Waals surface area contributed by atoms with Crippen molar-refractivity contribution in [3.63, 3.8) is 0 Å². The van der Waals surface area contributed by atoms with E-state index in [1.807, 2.05) is 6.92 Å². The first kappa shape index (κ1) is 11.5. The molecule has 0 spiro atoms. The molecule has 0 unspecified atom stereocenters. The zero-order valence-corrected chi connectivity index (χ0v) is 9.02. The maximum absolute atomic E-state index is 12.7. The number of halogens is 3. The molecule has 2 nitrogen and oxygen atoms in total. The number of aromatic nitrogens is 1. The molecule has 88 valence electrons. The molecule has 1 N–H and O–H groups in total. The summed E-state index contributed by atoms with van der Waals surface area (Å²) in [6.45, 7) is 1.91. The Balaban J connectivity index is 2.78. The molecule has 0 saturated heterocycles. The number of fused-ring (bicyclic) bond motifs is 1. The van der Waals surface area contributed by atoms with Crippen LogP contribution in [0.5, 0.6) is 0 Å². The van der Waals surface area contributed by atoms with E-state index in [-0.39, 0.29) is 5.56 Å². The first-order chi connectivity index (χ1) is 7.97. The van der Waals surface area contributed by atoms with E-state index >= 15 is 0 Å². The van der Waals surface area contributed by atoms with Gasteiger partial charge in [-0.1, -0.05) is 13.0 Å². The zero-order chi connectivity index (χ0) is 12.6. The molecule has 5 heteroatoms. The van der Waals surface area contributed by atoms with Crippen molar-refractivity contribution in [1.82, 2.24) is 4.98 Å². The van der Waals surface area contributed by atoms with E-state index in [0.29, 0.717) is 17.3 Å². The van der Waals surface area contributed by atoms with E-state index in [1.165, 1.54) is 0 Å². The lowest BCUT2D eigenvalue weighted by Gasteiger charge is -2.02. The second kappa shape index (κ2) is 3.81. The van der Waals surface area contributed by atoms with Crippen molar-refractivity contribution in [2.24, 2.45) is 0 Å². The van der Waals surface area contributed by atoms with Gasteiger partial charge in [-0.3, -0.25) is 0 Å². The van der Waals surface area contributed by atoms with Gasteiger partial charge in [0.25, 0.3) is 0 Å². The quantitative estimate of drug-likeness (QED) is 0.809. The lowest BCUT2D eigenvalue weighted by Crippen LogP contribution is -2.07. The maximum Gasteiger partial charge on any atom is 0.432 e. The van der Waals surface area contributed by atoms with Crippen LogP contribution < -0.4 is 0 Å². The molecular formula is C12H9F3N2. The number of nitrogens with one attached hydrogen (secondary N) is 1. The smallest absolute Gasteiger partial charge is 0.350 e. The lowest BCUT2D eigenvalue weighted by atomic mass is 10.1. The highest BCUT2D eigenvalue weighted by Gasteiger charge is 2.36. The third kappa shape index (κ3) is 1.86. The first-order valence-corrected chi connectivity index (χ1v) is 5.09. The number of nitrogens with zero attached hydrogens (tertiary/aromatic N) is 1. The van der Waals surface area contributed by atoms with Crippen LogP contribution in [0.2, 0.25) is 0 Å². The summed E-state index contributed by atoms with van der Waals surface area (Å²) in [5, 5.41) is 9.19. The number of benzene rings is 1. The SMILES string of the molecule is CCc1ccc2[nH]c(C(F)(F)F)c(C#N)c2c1. The molecule has 0 radical (unpaired) electrons. The average molecular weight is 238 g/mol. The van der Waals surface area contributed by atoms with Gasteiger partial charge >= 0.3 is 6.18 Å². The fourth-order valence-electron chi connectivity index (χ4n) is 1.79. The Morgan fingerprint density at radius 3 is 2.59 bits per heavy atom. The second-order valence-electron chi connectivity index (χ2n) is 3.72. The minimum atomic E-state index is -4.53. The van der Waals surface area contributed by atoms with Gasteiger partial charge in [-0.25, -0.2) is 0 Å². The van der Waals surface area contributed by atoms with E-state index in [2.05, 4.69) is 4.98 Å². The third-order valence-electron chi connectivity index (χ3n) is 2.67. The molecule has 1 aromatic heterocycles. The van der Waals surface area contributed by atoms with Crippen LogP contribution in [0, 0.1) is 11.3 Å². The highest BCUT2D eigenvalue weighted by molar-refractivity contribution is 5.88. The Labute approximate surface area is 95.7 Å². The summed E-state index contributed by atoms with van der Waals surface area (Å²) in [5.41, 5.74) is -0.0566. The second-order valence-corrected chi connectivity index (χ2v) is 3.72. The van der Waals surface area contributed by atoms with Gasteiger partial charge in [-0.2, -0.15) is 18.4 Å². The minimum Gasteiger partial charge on any atom is -0.350 e. The fraction of sp³-hybridized carbons (Fsp3) is 0.250. The monoisotopic (exact) mass is 238 g/mol. The molecule has 0 amide bonds. The summed E-state index contributed by atoms with van der Waals surface area (Å²) in [6, 6.07) is 6.57. The zero-order valence-electron chi connectivity index (χ0n) is 9.02. The average Bonchev–Trinajstić information content (AvgIpc) is 2.65. The van der Waals surface area contributed by atoms with Crippen molar-refractivity contribution < 1.29 is 13.2 Å². The number of aromatic amines is 1. The van der Waals surface area contributed by atoms with Gasteiger partial charge < -0.3 is 4.98 Å². The highest BCUT2D eigenvalue weighted by Crippen LogP contribution is 2.35. The Hall–Kier alpha value is -1.96. The van der Waals surface area contributed by atoms with Gasteiger partial charge in [0, 0.05) is 10.9 Å². The van der Waals surface area contributed by atoms with Gasteiger partial charge in [0.05, 0.1) is 5.56 Å². The topological polar surface area (TPSA) is 39.6 Å². The van der Waals surface area contributed by atoms with E-state index in [9.17, 15) is 13.2 Å². The molecule has 2 aromatic rings. The first-order valence-electron chi connectivity index (χ1n) is 5.09. The summed E-state index contributed by atoms with van der Waals surface area (Å²) in [5.74, 6) is 0. The number of nitriles is 1. The van der Waals surface area contributed by atoms with Crippen molar-refractivity contribution >= 4 is 10.9 Å². The van der Waals surface area contributed by atoms with Gasteiger partial charge in [0.15, 0.2) is 0 Å². The van der Waals surface area contributed by atoms with Crippen LogP contribution in [-0.2, 0) is 12.6 Å². The number of H-pyrrole nitrogens is 1. The predicted molar refractivity (Wildman–Crippen MR) is 57.4 cm³/mol. The maximum atomic E-state index is 12.7. The van der Waals surface area contributed by atoms with Crippen LogP contribution >= 0.6 is 0 Å². The number of rotatable bonds is 1. The van der Waals surface area contributed by atoms with Crippen molar-refractivity contribution in [3.05, 3.63) is 35.0 Å². The predicted octanol–water partition coefficient (Wildman–Crippen LogP) is 3.62. The summed E-state index contributed by atoms with van der Waals surface area (Å²) in [7, 11) is 0. The summed E-state index contributed by atoms with van der Waals surface area (Å²) in [6.07, 6.45) is -3.82. The summed E-state index contributed by atoms with van der Waals surface area (Å²) < 4.78 is 38.0. The third-order valence-corrected chi connectivity index (χ3v) is 2.67. The Kier molecular flexibility index (Phi) is 2.58. The Morgan fingerprint density at radius 2 is 2.06 bits per heavy atom. The van der Waals surface area contributed by atoms with Crippen LogP contribution in [0.3, 0.4) is 0 Å². The molecule has 2 rings (SSSR count). The van der Waals surface area contributed by atoms with Crippen molar-refractivity contribution in [3.8, 4) is 6.07 Å². The minimum absolute atomic E-state index is 0.331. The van der Waals surface area contributed by atoms with E-state index in [4.69, 9.17) is 5.26 Å². The molecular weight excluding hydrogens is 229 g/mol. The number of alkyl halides is 3. The van der Waals surface area contributed by atoms with Crippen LogP contribution in [0.1, 0.15) is 23.7 Å². The van der Waals surface area contributed by atoms with Gasteiger partial charge in [0.2, 0.25) is 0 Å². The summed E-state index contributed by atoms with van der Waals surface area (Å²) in [4.78, 5) is 2.26. The van der Waals surface area contributed by atoms with E-state index < -0.39 is 11.9 Å². The molecule has 1 heterocycles. The van der Waals surface area contributed by atoms with Crippen molar-refractivity contribution in [2.75, 3.05) is 0 Å². The molecule has 0 aliphatic rings. The van der Waals surface area contributed by atoms with Crippen LogP contribution in [0.15, 0.2) is 18.2 Å². The fourth-order valence-corrected chi connectivity index (χ4v) is 1.79. The van der Waals surface area contributed by atoms with E-state index in [1.54, 1.807) is 24.3 Å². The number of hydrogen-bond acceptors (Lipinski definition) is 1. The molecule has 0 bridgehead atoms. The van der Waals surface area contributed by atoms with Crippen molar-refractivity contribution in [1.29, 1.82) is 5.26 Å². The van der Waals surface area contributed by atoms with E-state index in [0.717, 1.165) is 5.56 Å². The Bertz CT molecular complexity index is 602. The summed E-state index contributed by atoms with van der Waals surface area (Å²) >= 11 is 0. The number of hydrogen-bond donors (Lipinski definition) is 1.